The van der Waals surface area contributed by atoms with Gasteiger partial charge < -0.3 is 9.47 Å². The third-order valence-electron chi connectivity index (χ3n) is 4.29. The Balaban J connectivity index is 1.51. The lowest BCUT2D eigenvalue weighted by atomic mass is 10.0. The molecule has 0 spiro atoms. The molecule has 0 aliphatic carbocycles. The van der Waals surface area contributed by atoms with Crippen LogP contribution in [0.15, 0.2) is 72.8 Å². The average molecular weight is 360 g/mol. The minimum Gasteiger partial charge on any atom is -0.482 e. The molecule has 27 heavy (non-hydrogen) atoms. The summed E-state index contributed by atoms with van der Waals surface area (Å²) in [5.41, 5.74) is 4.73. The van der Waals surface area contributed by atoms with Crippen LogP contribution >= 0.6 is 0 Å². The van der Waals surface area contributed by atoms with Gasteiger partial charge in [0.25, 0.3) is 0 Å². The Morgan fingerprint density at radius 2 is 1.33 bits per heavy atom. The largest absolute Gasteiger partial charge is 0.482 e. The van der Waals surface area contributed by atoms with Crippen LogP contribution in [0.4, 0.5) is 0 Å². The molecule has 3 heteroatoms. The SMILES string of the molecule is CCCc1ccc(OC(=O)COc2ccc(-c3ccc(C)cc3)cc2)cc1. The van der Waals surface area contributed by atoms with Gasteiger partial charge in [0.05, 0.1) is 0 Å². The van der Waals surface area contributed by atoms with Crippen molar-refractivity contribution in [2.75, 3.05) is 6.61 Å². The number of ether oxygens (including phenoxy) is 2. The third-order valence-corrected chi connectivity index (χ3v) is 4.29. The molecule has 0 N–H and O–H groups in total. The Bertz CT molecular complexity index is 863. The standard InChI is InChI=1S/C24H24O3/c1-3-4-19-7-13-23(14-8-19)27-24(25)17-26-22-15-11-21(12-16-22)20-9-5-18(2)6-10-20/h5-16H,3-4,17H2,1-2H3. The first-order valence-corrected chi connectivity index (χ1v) is 9.23. The van der Waals surface area contributed by atoms with E-state index in [9.17, 15) is 4.79 Å². The second kappa shape index (κ2) is 9.04. The van der Waals surface area contributed by atoms with E-state index in [1.54, 1.807) is 0 Å². The number of rotatable bonds is 7. The zero-order chi connectivity index (χ0) is 19.1. The number of hydrogen-bond donors (Lipinski definition) is 0. The van der Waals surface area contributed by atoms with Crippen LogP contribution in [0.1, 0.15) is 24.5 Å². The maximum absolute atomic E-state index is 12.0. The highest BCUT2D eigenvalue weighted by Crippen LogP contribution is 2.23. The van der Waals surface area contributed by atoms with Crippen LogP contribution < -0.4 is 9.47 Å². The summed E-state index contributed by atoms with van der Waals surface area (Å²) in [6, 6.07) is 23.7. The van der Waals surface area contributed by atoms with Gasteiger partial charge in [-0.3, -0.25) is 0 Å². The van der Waals surface area contributed by atoms with Crippen LogP contribution in [0.3, 0.4) is 0 Å². The van der Waals surface area contributed by atoms with Crippen LogP contribution in [0.2, 0.25) is 0 Å². The molecule has 0 unspecified atom stereocenters. The molecule has 3 aromatic rings. The van der Waals surface area contributed by atoms with E-state index in [0.717, 1.165) is 24.0 Å². The summed E-state index contributed by atoms with van der Waals surface area (Å²) in [6.07, 6.45) is 2.12. The summed E-state index contributed by atoms with van der Waals surface area (Å²) in [7, 11) is 0. The molecule has 3 aromatic carbocycles. The van der Waals surface area contributed by atoms with Gasteiger partial charge in [0.15, 0.2) is 6.61 Å². The van der Waals surface area contributed by atoms with Gasteiger partial charge in [0, 0.05) is 0 Å². The van der Waals surface area contributed by atoms with Gasteiger partial charge in [-0.05, 0) is 54.3 Å². The van der Waals surface area contributed by atoms with E-state index in [0.29, 0.717) is 11.5 Å². The van der Waals surface area contributed by atoms with Crippen LogP contribution in [-0.4, -0.2) is 12.6 Å². The molecular formula is C24H24O3. The normalized spacial score (nSPS) is 10.4. The Labute approximate surface area is 160 Å². The molecule has 0 heterocycles. The highest BCUT2D eigenvalue weighted by atomic mass is 16.6. The molecule has 0 saturated heterocycles. The monoisotopic (exact) mass is 360 g/mol. The highest BCUT2D eigenvalue weighted by Gasteiger charge is 2.07. The summed E-state index contributed by atoms with van der Waals surface area (Å²) < 4.78 is 10.8. The van der Waals surface area contributed by atoms with Gasteiger partial charge in [0.2, 0.25) is 0 Å². The predicted molar refractivity (Wildman–Crippen MR) is 108 cm³/mol. The molecule has 0 bridgehead atoms. The van der Waals surface area contributed by atoms with Crippen molar-refractivity contribution in [2.24, 2.45) is 0 Å². The number of carbonyl (C=O) groups excluding carboxylic acids is 1. The lowest BCUT2D eigenvalue weighted by Gasteiger charge is -2.08. The molecule has 0 atom stereocenters. The lowest BCUT2D eigenvalue weighted by Crippen LogP contribution is -2.17. The second-order valence-corrected chi connectivity index (χ2v) is 6.55. The van der Waals surface area contributed by atoms with E-state index in [-0.39, 0.29) is 6.61 Å². The van der Waals surface area contributed by atoms with E-state index in [2.05, 4.69) is 38.1 Å². The first kappa shape index (κ1) is 18.7. The molecule has 3 rings (SSSR count). The average Bonchev–Trinajstić information content (AvgIpc) is 2.69. The molecule has 0 aromatic heterocycles. The van der Waals surface area contributed by atoms with Crippen molar-refractivity contribution < 1.29 is 14.3 Å². The van der Waals surface area contributed by atoms with Crippen molar-refractivity contribution in [1.82, 2.24) is 0 Å². The lowest BCUT2D eigenvalue weighted by molar-refractivity contribution is -0.136. The summed E-state index contributed by atoms with van der Waals surface area (Å²) in [5, 5.41) is 0. The Kier molecular flexibility index (Phi) is 6.26. The quantitative estimate of drug-likeness (QED) is 0.406. The molecule has 0 fully saturated rings. The topological polar surface area (TPSA) is 35.5 Å². The Hall–Kier alpha value is -3.07. The van der Waals surface area contributed by atoms with E-state index < -0.39 is 5.97 Å². The minimum atomic E-state index is -0.416. The van der Waals surface area contributed by atoms with Crippen molar-refractivity contribution in [2.45, 2.75) is 26.7 Å². The maximum atomic E-state index is 12.0. The fourth-order valence-corrected chi connectivity index (χ4v) is 2.81. The molecule has 0 aliphatic heterocycles. The van der Waals surface area contributed by atoms with Crippen LogP contribution in [0, 0.1) is 6.92 Å². The fraction of sp³-hybridized carbons (Fsp3) is 0.208. The predicted octanol–water partition coefficient (Wildman–Crippen LogP) is 5.60. The summed E-state index contributed by atoms with van der Waals surface area (Å²) >= 11 is 0. The van der Waals surface area contributed by atoms with Gasteiger partial charge in [-0.25, -0.2) is 4.79 Å². The molecule has 0 radical (unpaired) electrons. The number of carbonyl (C=O) groups is 1. The first-order valence-electron chi connectivity index (χ1n) is 9.23. The van der Waals surface area contributed by atoms with Crippen molar-refractivity contribution >= 4 is 5.97 Å². The molecule has 0 amide bonds. The van der Waals surface area contributed by atoms with Crippen LogP contribution in [0.25, 0.3) is 11.1 Å². The number of hydrogen-bond acceptors (Lipinski definition) is 3. The van der Waals surface area contributed by atoms with Gasteiger partial charge in [0.1, 0.15) is 11.5 Å². The molecular weight excluding hydrogens is 336 g/mol. The summed E-state index contributed by atoms with van der Waals surface area (Å²) in [4.78, 5) is 12.0. The zero-order valence-electron chi connectivity index (χ0n) is 15.8. The molecule has 0 saturated carbocycles. The van der Waals surface area contributed by atoms with Crippen molar-refractivity contribution in [3.8, 4) is 22.6 Å². The van der Waals surface area contributed by atoms with Crippen molar-refractivity contribution in [3.63, 3.8) is 0 Å². The fourth-order valence-electron chi connectivity index (χ4n) is 2.81. The highest BCUT2D eigenvalue weighted by molar-refractivity contribution is 5.74. The first-order chi connectivity index (χ1) is 13.1. The Morgan fingerprint density at radius 1 is 0.778 bits per heavy atom. The van der Waals surface area contributed by atoms with E-state index in [1.807, 2.05) is 48.5 Å². The number of esters is 1. The number of aryl methyl sites for hydroxylation is 2. The minimum absolute atomic E-state index is 0.124. The van der Waals surface area contributed by atoms with E-state index >= 15 is 0 Å². The van der Waals surface area contributed by atoms with Crippen LogP contribution in [-0.2, 0) is 11.2 Å². The summed E-state index contributed by atoms with van der Waals surface area (Å²) in [5.74, 6) is 0.764. The molecule has 0 aliphatic rings. The molecule has 3 nitrogen and oxygen atoms in total. The zero-order valence-corrected chi connectivity index (χ0v) is 15.8. The van der Waals surface area contributed by atoms with Crippen molar-refractivity contribution in [3.05, 3.63) is 83.9 Å². The molecule has 138 valence electrons. The van der Waals surface area contributed by atoms with E-state index in [4.69, 9.17) is 9.47 Å². The second-order valence-electron chi connectivity index (χ2n) is 6.55. The number of benzene rings is 3. The van der Waals surface area contributed by atoms with Crippen LogP contribution in [0.5, 0.6) is 11.5 Å². The Morgan fingerprint density at radius 3 is 1.93 bits per heavy atom. The van der Waals surface area contributed by atoms with E-state index in [1.165, 1.54) is 11.1 Å². The summed E-state index contributed by atoms with van der Waals surface area (Å²) in [6.45, 7) is 4.08. The maximum Gasteiger partial charge on any atom is 0.349 e. The third kappa shape index (κ3) is 5.45. The van der Waals surface area contributed by atoms with Crippen molar-refractivity contribution in [1.29, 1.82) is 0 Å². The van der Waals surface area contributed by atoms with Gasteiger partial charge in [-0.1, -0.05) is 67.4 Å². The van der Waals surface area contributed by atoms with Gasteiger partial charge in [-0.15, -0.1) is 0 Å². The van der Waals surface area contributed by atoms with Gasteiger partial charge in [-0.2, -0.15) is 0 Å². The smallest absolute Gasteiger partial charge is 0.349 e. The van der Waals surface area contributed by atoms with Gasteiger partial charge >= 0.3 is 5.97 Å².